The number of amides is 1. The molecule has 0 radical (unpaired) electrons. The highest BCUT2D eigenvalue weighted by Gasteiger charge is 2.15. The molecule has 2 rings (SSSR count). The number of ether oxygens (including phenoxy) is 2. The van der Waals surface area contributed by atoms with E-state index in [9.17, 15) is 4.79 Å². The Morgan fingerprint density at radius 2 is 1.81 bits per heavy atom. The highest BCUT2D eigenvalue weighted by molar-refractivity contribution is 5.95. The third-order valence-corrected chi connectivity index (χ3v) is 3.86. The summed E-state index contributed by atoms with van der Waals surface area (Å²) in [4.78, 5) is 12.4. The summed E-state index contributed by atoms with van der Waals surface area (Å²) in [6.45, 7) is 7.56. The van der Waals surface area contributed by atoms with Crippen molar-refractivity contribution in [1.82, 2.24) is 0 Å². The summed E-state index contributed by atoms with van der Waals surface area (Å²) in [5.74, 6) is -0.239. The lowest BCUT2D eigenvalue weighted by Gasteiger charge is -2.14. The van der Waals surface area contributed by atoms with E-state index >= 15 is 0 Å². The summed E-state index contributed by atoms with van der Waals surface area (Å²) >= 11 is 0. The van der Waals surface area contributed by atoms with Crippen LogP contribution < -0.4 is 11.1 Å². The van der Waals surface area contributed by atoms with Crippen LogP contribution in [0.5, 0.6) is 0 Å². The summed E-state index contributed by atoms with van der Waals surface area (Å²) in [7, 11) is 0. The SMILES string of the molecule is Cc1ccc(C(N)C(=O)Nc2cccc(COCCOC(C)C)c2)cc1.Cl. The van der Waals surface area contributed by atoms with Crippen LogP contribution >= 0.6 is 12.4 Å². The molecule has 0 spiro atoms. The lowest BCUT2D eigenvalue weighted by molar-refractivity contribution is -0.117. The first-order chi connectivity index (χ1) is 12.5. The molecule has 0 aliphatic carbocycles. The van der Waals surface area contributed by atoms with E-state index in [-0.39, 0.29) is 24.4 Å². The maximum absolute atomic E-state index is 12.4. The Morgan fingerprint density at radius 3 is 2.48 bits per heavy atom. The van der Waals surface area contributed by atoms with Crippen molar-refractivity contribution in [3.63, 3.8) is 0 Å². The van der Waals surface area contributed by atoms with Gasteiger partial charge in [0, 0.05) is 5.69 Å². The number of carbonyl (C=O) groups excluding carboxylic acids is 1. The van der Waals surface area contributed by atoms with Gasteiger partial charge in [-0.25, -0.2) is 0 Å². The van der Waals surface area contributed by atoms with Gasteiger partial charge in [-0.15, -0.1) is 12.4 Å². The summed E-state index contributed by atoms with van der Waals surface area (Å²) < 4.78 is 11.0. The predicted octanol–water partition coefficient (Wildman–Crippen LogP) is 4.00. The van der Waals surface area contributed by atoms with Gasteiger partial charge in [-0.1, -0.05) is 42.0 Å². The van der Waals surface area contributed by atoms with Gasteiger partial charge < -0.3 is 20.5 Å². The van der Waals surface area contributed by atoms with Gasteiger partial charge in [0.1, 0.15) is 6.04 Å². The Balaban J connectivity index is 0.00000364. The molecule has 0 heterocycles. The second kappa shape index (κ2) is 11.7. The van der Waals surface area contributed by atoms with Crippen molar-refractivity contribution >= 4 is 24.0 Å². The Morgan fingerprint density at radius 1 is 1.11 bits per heavy atom. The lowest BCUT2D eigenvalue weighted by atomic mass is 10.1. The molecule has 6 heteroatoms. The smallest absolute Gasteiger partial charge is 0.245 e. The fourth-order valence-electron chi connectivity index (χ4n) is 2.42. The second-order valence-corrected chi connectivity index (χ2v) is 6.55. The van der Waals surface area contributed by atoms with Gasteiger partial charge in [-0.2, -0.15) is 0 Å². The minimum atomic E-state index is -0.705. The third-order valence-electron chi connectivity index (χ3n) is 3.86. The highest BCUT2D eigenvalue weighted by Crippen LogP contribution is 2.16. The highest BCUT2D eigenvalue weighted by atomic mass is 35.5. The van der Waals surface area contributed by atoms with Crippen LogP contribution in [0.1, 0.15) is 36.6 Å². The molecule has 1 atom stereocenters. The average Bonchev–Trinajstić information content (AvgIpc) is 2.61. The van der Waals surface area contributed by atoms with Gasteiger partial charge in [0.05, 0.1) is 25.9 Å². The number of hydrogen-bond donors (Lipinski definition) is 2. The van der Waals surface area contributed by atoms with E-state index in [1.165, 1.54) is 0 Å². The summed E-state index contributed by atoms with van der Waals surface area (Å²) in [5.41, 5.74) is 9.67. The van der Waals surface area contributed by atoms with Crippen molar-refractivity contribution in [3.05, 3.63) is 65.2 Å². The number of rotatable bonds is 9. The number of nitrogens with one attached hydrogen (secondary N) is 1. The zero-order valence-corrected chi connectivity index (χ0v) is 16.9. The minimum absolute atomic E-state index is 0. The van der Waals surface area contributed by atoms with Gasteiger partial charge in [0.15, 0.2) is 0 Å². The van der Waals surface area contributed by atoms with Crippen LogP contribution in [0, 0.1) is 6.92 Å². The van der Waals surface area contributed by atoms with Crippen LogP contribution in [0.2, 0.25) is 0 Å². The molecule has 0 aromatic heterocycles. The van der Waals surface area contributed by atoms with Crippen LogP contribution in [0.3, 0.4) is 0 Å². The van der Waals surface area contributed by atoms with Crippen molar-refractivity contribution < 1.29 is 14.3 Å². The zero-order valence-electron chi connectivity index (χ0n) is 16.1. The molecule has 27 heavy (non-hydrogen) atoms. The molecule has 0 fully saturated rings. The Bertz CT molecular complexity index is 705. The monoisotopic (exact) mass is 392 g/mol. The standard InChI is InChI=1S/C21H28N2O3.ClH/c1-15(2)26-12-11-25-14-17-5-4-6-19(13-17)23-21(24)20(22)18-9-7-16(3)8-10-18;/h4-10,13,15,20H,11-12,14,22H2,1-3H3,(H,23,24);1H. The first-order valence-corrected chi connectivity index (χ1v) is 8.87. The normalized spacial score (nSPS) is 11.7. The van der Waals surface area contributed by atoms with Crippen LogP contribution in [-0.4, -0.2) is 25.2 Å². The summed E-state index contributed by atoms with van der Waals surface area (Å²) in [6, 6.07) is 14.5. The number of nitrogens with two attached hydrogens (primary N) is 1. The van der Waals surface area contributed by atoms with Gasteiger partial charge in [0.25, 0.3) is 0 Å². The molecule has 0 bridgehead atoms. The maximum atomic E-state index is 12.4. The minimum Gasteiger partial charge on any atom is -0.376 e. The van der Waals surface area contributed by atoms with E-state index in [2.05, 4.69) is 5.32 Å². The Labute approximate surface area is 167 Å². The molecule has 0 saturated carbocycles. The average molecular weight is 393 g/mol. The first kappa shape index (κ1) is 23.1. The summed E-state index contributed by atoms with van der Waals surface area (Å²) in [6.07, 6.45) is 0.204. The van der Waals surface area contributed by atoms with Crippen molar-refractivity contribution in [2.75, 3.05) is 18.5 Å². The Hall–Kier alpha value is -1.92. The molecule has 3 N–H and O–H groups in total. The molecule has 1 amide bonds. The van der Waals surface area contributed by atoms with Crippen LogP contribution in [0.15, 0.2) is 48.5 Å². The molecule has 1 unspecified atom stereocenters. The molecule has 0 aliphatic rings. The van der Waals surface area contributed by atoms with Crippen LogP contribution in [0.25, 0.3) is 0 Å². The molecule has 0 aliphatic heterocycles. The van der Waals surface area contributed by atoms with E-state index in [1.807, 2.05) is 69.3 Å². The molecule has 148 valence electrons. The number of benzene rings is 2. The van der Waals surface area contributed by atoms with Crippen molar-refractivity contribution in [2.24, 2.45) is 5.73 Å². The van der Waals surface area contributed by atoms with Crippen molar-refractivity contribution in [3.8, 4) is 0 Å². The summed E-state index contributed by atoms with van der Waals surface area (Å²) in [5, 5.41) is 2.87. The zero-order chi connectivity index (χ0) is 18.9. The second-order valence-electron chi connectivity index (χ2n) is 6.55. The number of anilines is 1. The molecule has 2 aromatic carbocycles. The van der Waals surface area contributed by atoms with Crippen molar-refractivity contribution in [1.29, 1.82) is 0 Å². The number of carbonyl (C=O) groups is 1. The quantitative estimate of drug-likeness (QED) is 0.632. The van der Waals surface area contributed by atoms with E-state index in [0.29, 0.717) is 25.5 Å². The molecule has 0 saturated heterocycles. The van der Waals surface area contributed by atoms with E-state index < -0.39 is 6.04 Å². The van der Waals surface area contributed by atoms with Gasteiger partial charge >= 0.3 is 0 Å². The number of aryl methyl sites for hydroxylation is 1. The van der Waals surface area contributed by atoms with E-state index in [4.69, 9.17) is 15.2 Å². The molecule has 5 nitrogen and oxygen atoms in total. The molecule has 2 aromatic rings. The maximum Gasteiger partial charge on any atom is 0.245 e. The molecular weight excluding hydrogens is 364 g/mol. The Kier molecular flexibility index (Phi) is 10.0. The lowest BCUT2D eigenvalue weighted by Crippen LogP contribution is -2.27. The fraction of sp³-hybridized carbons (Fsp3) is 0.381. The number of hydrogen-bond acceptors (Lipinski definition) is 4. The third kappa shape index (κ3) is 8.10. The largest absolute Gasteiger partial charge is 0.376 e. The van der Waals surface area contributed by atoms with Crippen LogP contribution in [-0.2, 0) is 20.9 Å². The van der Waals surface area contributed by atoms with E-state index in [1.54, 1.807) is 0 Å². The number of halogens is 1. The van der Waals surface area contributed by atoms with E-state index in [0.717, 1.165) is 16.7 Å². The van der Waals surface area contributed by atoms with Gasteiger partial charge in [0.2, 0.25) is 5.91 Å². The van der Waals surface area contributed by atoms with Gasteiger partial charge in [-0.05, 0) is 44.0 Å². The van der Waals surface area contributed by atoms with Crippen LogP contribution in [0.4, 0.5) is 5.69 Å². The first-order valence-electron chi connectivity index (χ1n) is 8.87. The molecular formula is C21H29ClN2O3. The fourth-order valence-corrected chi connectivity index (χ4v) is 2.42. The van der Waals surface area contributed by atoms with Gasteiger partial charge in [-0.3, -0.25) is 4.79 Å². The van der Waals surface area contributed by atoms with Crippen molar-refractivity contribution in [2.45, 2.75) is 39.5 Å². The topological polar surface area (TPSA) is 73.6 Å². The predicted molar refractivity (Wildman–Crippen MR) is 111 cm³/mol.